The lowest BCUT2D eigenvalue weighted by atomic mass is 10.0. The predicted molar refractivity (Wildman–Crippen MR) is 83.9 cm³/mol. The van der Waals surface area contributed by atoms with Gasteiger partial charge in [-0.25, -0.2) is 5.43 Å². The zero-order valence-corrected chi connectivity index (χ0v) is 13.6. The van der Waals surface area contributed by atoms with Crippen molar-refractivity contribution < 1.29 is 0 Å². The molecule has 0 fully saturated rings. The first-order valence-electron chi connectivity index (χ1n) is 5.60. The highest BCUT2D eigenvalue weighted by atomic mass is 127. The number of nitrogens with one attached hydrogen (secondary N) is 1. The molecule has 4 nitrogen and oxygen atoms in total. The van der Waals surface area contributed by atoms with E-state index in [0.29, 0.717) is 0 Å². The number of nitrogens with two attached hydrogens (primary N) is 1. The van der Waals surface area contributed by atoms with Crippen molar-refractivity contribution in [2.24, 2.45) is 5.84 Å². The molecule has 0 saturated carbocycles. The van der Waals surface area contributed by atoms with E-state index in [1.165, 1.54) is 3.57 Å². The van der Waals surface area contributed by atoms with Crippen LogP contribution >= 0.6 is 38.5 Å². The highest BCUT2D eigenvalue weighted by Gasteiger charge is 2.20. The minimum atomic E-state index is -0.0726. The average molecular weight is 421 g/mol. The Morgan fingerprint density at radius 3 is 2.94 bits per heavy atom. The molecule has 0 aliphatic heterocycles. The Morgan fingerprint density at radius 2 is 2.33 bits per heavy atom. The van der Waals surface area contributed by atoms with Crippen LogP contribution < -0.4 is 11.3 Å². The van der Waals surface area contributed by atoms with Gasteiger partial charge in [-0.1, -0.05) is 12.1 Å². The average Bonchev–Trinajstić information content (AvgIpc) is 2.72. The minimum Gasteiger partial charge on any atom is -0.271 e. The van der Waals surface area contributed by atoms with Crippen molar-refractivity contribution in [2.75, 3.05) is 0 Å². The fourth-order valence-corrected chi connectivity index (χ4v) is 3.02. The molecule has 3 N–H and O–H groups in total. The van der Waals surface area contributed by atoms with E-state index in [1.54, 1.807) is 6.20 Å². The van der Waals surface area contributed by atoms with E-state index >= 15 is 0 Å². The summed E-state index contributed by atoms with van der Waals surface area (Å²) in [5, 5.41) is 4.32. The minimum absolute atomic E-state index is 0.0726. The maximum Gasteiger partial charge on any atom is 0.0890 e. The summed E-state index contributed by atoms with van der Waals surface area (Å²) in [6.07, 6.45) is 1.80. The Bertz CT molecular complexity index is 541. The molecule has 1 aromatic carbocycles. The monoisotopic (exact) mass is 420 g/mol. The van der Waals surface area contributed by atoms with Gasteiger partial charge in [0.1, 0.15) is 0 Å². The van der Waals surface area contributed by atoms with Gasteiger partial charge in [-0.3, -0.25) is 10.5 Å². The lowest BCUT2D eigenvalue weighted by Crippen LogP contribution is -2.31. The van der Waals surface area contributed by atoms with Crippen LogP contribution in [-0.4, -0.2) is 9.78 Å². The van der Waals surface area contributed by atoms with E-state index in [2.05, 4.69) is 74.2 Å². The van der Waals surface area contributed by atoms with E-state index in [4.69, 9.17) is 5.84 Å². The highest BCUT2D eigenvalue weighted by Crippen LogP contribution is 2.28. The molecule has 0 saturated heterocycles. The fraction of sp³-hybridized carbons (Fsp3) is 0.250. The van der Waals surface area contributed by atoms with Crippen molar-refractivity contribution >= 4 is 38.5 Å². The van der Waals surface area contributed by atoms with Gasteiger partial charge in [-0.15, -0.1) is 0 Å². The third kappa shape index (κ3) is 2.76. The number of halogens is 2. The van der Waals surface area contributed by atoms with Crippen LogP contribution in [0.15, 0.2) is 34.9 Å². The Hall–Kier alpha value is -0.440. The molecule has 18 heavy (non-hydrogen) atoms. The molecule has 96 valence electrons. The van der Waals surface area contributed by atoms with Gasteiger partial charge in [0, 0.05) is 10.1 Å². The third-order valence-electron chi connectivity index (χ3n) is 2.75. The molecule has 0 aliphatic carbocycles. The summed E-state index contributed by atoms with van der Waals surface area (Å²) in [6.45, 7) is 2.87. The lowest BCUT2D eigenvalue weighted by Gasteiger charge is -2.18. The lowest BCUT2D eigenvalue weighted by molar-refractivity contribution is 0.542. The Kier molecular flexibility index (Phi) is 4.77. The number of benzene rings is 1. The number of hydrazine groups is 1. The van der Waals surface area contributed by atoms with Gasteiger partial charge in [0.05, 0.1) is 22.4 Å². The number of nitrogens with zero attached hydrogens (tertiary/aromatic N) is 2. The zero-order valence-electron chi connectivity index (χ0n) is 9.90. The van der Waals surface area contributed by atoms with Gasteiger partial charge in [0.25, 0.3) is 0 Å². The van der Waals surface area contributed by atoms with Gasteiger partial charge in [0.2, 0.25) is 0 Å². The molecule has 0 bridgehead atoms. The summed E-state index contributed by atoms with van der Waals surface area (Å²) >= 11 is 5.83. The van der Waals surface area contributed by atoms with Crippen molar-refractivity contribution in [3.05, 3.63) is 49.8 Å². The maximum atomic E-state index is 5.72. The predicted octanol–water partition coefficient (Wildman–Crippen LogP) is 2.82. The zero-order chi connectivity index (χ0) is 13.1. The van der Waals surface area contributed by atoms with Crippen LogP contribution in [0.1, 0.15) is 24.2 Å². The SMILES string of the molecule is CCn1ncc(Br)c1C(NN)c1cccc(I)c1. The normalized spacial score (nSPS) is 12.7. The quantitative estimate of drug-likeness (QED) is 0.454. The van der Waals surface area contributed by atoms with E-state index < -0.39 is 0 Å². The second-order valence-corrected chi connectivity index (χ2v) is 5.95. The maximum absolute atomic E-state index is 5.72. The van der Waals surface area contributed by atoms with Crippen LogP contribution in [0.5, 0.6) is 0 Å². The van der Waals surface area contributed by atoms with Crippen LogP contribution in [-0.2, 0) is 6.54 Å². The second kappa shape index (κ2) is 6.14. The van der Waals surface area contributed by atoms with Gasteiger partial charge < -0.3 is 0 Å². The van der Waals surface area contributed by atoms with Crippen molar-refractivity contribution in [3.63, 3.8) is 0 Å². The largest absolute Gasteiger partial charge is 0.271 e. The number of aryl methyl sites for hydroxylation is 1. The van der Waals surface area contributed by atoms with Crippen LogP contribution in [0, 0.1) is 3.57 Å². The first kappa shape index (κ1) is 14.0. The molecule has 0 radical (unpaired) electrons. The Balaban J connectivity index is 2.48. The van der Waals surface area contributed by atoms with Crippen molar-refractivity contribution in [2.45, 2.75) is 19.5 Å². The molecule has 1 unspecified atom stereocenters. The number of hydrogen-bond acceptors (Lipinski definition) is 3. The number of aromatic nitrogens is 2. The van der Waals surface area contributed by atoms with E-state index in [9.17, 15) is 0 Å². The summed E-state index contributed by atoms with van der Waals surface area (Å²) in [4.78, 5) is 0. The first-order chi connectivity index (χ1) is 8.67. The smallest absolute Gasteiger partial charge is 0.0890 e. The van der Waals surface area contributed by atoms with E-state index in [-0.39, 0.29) is 6.04 Å². The molecular weight excluding hydrogens is 407 g/mol. The molecule has 0 amide bonds. The second-order valence-electron chi connectivity index (χ2n) is 3.85. The van der Waals surface area contributed by atoms with Crippen molar-refractivity contribution in [3.8, 4) is 0 Å². The molecule has 1 atom stereocenters. The number of rotatable bonds is 4. The highest BCUT2D eigenvalue weighted by molar-refractivity contribution is 14.1. The van der Waals surface area contributed by atoms with Gasteiger partial charge in [-0.05, 0) is 63.1 Å². The molecule has 1 heterocycles. The molecule has 1 aromatic heterocycles. The van der Waals surface area contributed by atoms with Crippen LogP contribution in [0.2, 0.25) is 0 Å². The standard InChI is InChI=1S/C12H14BrIN4/c1-2-18-12(10(13)7-16-18)11(17-15)8-4-3-5-9(14)6-8/h3-7,11,17H,2,15H2,1H3. The summed E-state index contributed by atoms with van der Waals surface area (Å²) in [7, 11) is 0. The van der Waals surface area contributed by atoms with E-state index in [0.717, 1.165) is 22.3 Å². The van der Waals surface area contributed by atoms with Crippen LogP contribution in [0.4, 0.5) is 0 Å². The Morgan fingerprint density at radius 1 is 1.56 bits per heavy atom. The first-order valence-corrected chi connectivity index (χ1v) is 7.47. The number of hydrogen-bond donors (Lipinski definition) is 2. The van der Waals surface area contributed by atoms with Crippen molar-refractivity contribution in [1.29, 1.82) is 0 Å². The molecule has 0 spiro atoms. The summed E-state index contributed by atoms with van der Waals surface area (Å²) < 4.78 is 4.09. The molecule has 2 aromatic rings. The van der Waals surface area contributed by atoms with Crippen molar-refractivity contribution in [1.82, 2.24) is 15.2 Å². The van der Waals surface area contributed by atoms with Gasteiger partial charge in [0.15, 0.2) is 0 Å². The third-order valence-corrected chi connectivity index (χ3v) is 4.04. The summed E-state index contributed by atoms with van der Waals surface area (Å²) in [6, 6.07) is 8.19. The fourth-order valence-electron chi connectivity index (χ4n) is 1.93. The molecular formula is C12H14BrIN4. The summed E-state index contributed by atoms with van der Waals surface area (Å²) in [5.41, 5.74) is 5.04. The molecule has 2 rings (SSSR count). The Labute approximate surface area is 128 Å². The van der Waals surface area contributed by atoms with Crippen LogP contribution in [0.3, 0.4) is 0 Å². The topological polar surface area (TPSA) is 55.9 Å². The van der Waals surface area contributed by atoms with Gasteiger partial charge in [-0.2, -0.15) is 5.10 Å². The summed E-state index contributed by atoms with van der Waals surface area (Å²) in [5.74, 6) is 5.72. The van der Waals surface area contributed by atoms with Crippen LogP contribution in [0.25, 0.3) is 0 Å². The molecule has 0 aliphatic rings. The van der Waals surface area contributed by atoms with E-state index in [1.807, 2.05) is 10.7 Å². The van der Waals surface area contributed by atoms with Gasteiger partial charge >= 0.3 is 0 Å². The molecule has 6 heteroatoms.